The van der Waals surface area contributed by atoms with Crippen LogP contribution < -0.4 is 0 Å². The first-order valence-corrected chi connectivity index (χ1v) is 5.78. The van der Waals surface area contributed by atoms with Crippen molar-refractivity contribution >= 4 is 6.29 Å². The molecule has 0 spiro atoms. The van der Waals surface area contributed by atoms with Gasteiger partial charge in [0, 0.05) is 11.0 Å². The Hall–Kier alpha value is -1.57. The van der Waals surface area contributed by atoms with E-state index in [0.717, 1.165) is 23.8 Å². The molecule has 2 nitrogen and oxygen atoms in total. The largest absolute Gasteiger partial charge is 0.472 e. The summed E-state index contributed by atoms with van der Waals surface area (Å²) in [5.41, 5.74) is 2.93. The molecule has 0 fully saturated rings. The Kier molecular flexibility index (Phi) is 4.50. The second kappa shape index (κ2) is 5.67. The molecule has 2 heteroatoms. The first-order valence-electron chi connectivity index (χ1n) is 5.78. The Balaban J connectivity index is 3.09. The zero-order chi connectivity index (χ0) is 12.9. The molecule has 0 aliphatic heterocycles. The third-order valence-electron chi connectivity index (χ3n) is 2.85. The highest BCUT2D eigenvalue weighted by Crippen LogP contribution is 2.31. The quantitative estimate of drug-likeness (QED) is 0.435. The number of aldehydes is 1. The molecule has 0 N–H and O–H groups in total. The normalized spacial score (nSPS) is 15.2. The van der Waals surface area contributed by atoms with Gasteiger partial charge in [-0.15, -0.1) is 0 Å². The molecule has 92 valence electrons. The molecule has 0 saturated carbocycles. The molecular weight excluding hydrogens is 212 g/mol. The molecule has 0 aliphatic rings. The first-order chi connectivity index (χ1) is 7.98. The molecule has 0 radical (unpaired) electrons. The van der Waals surface area contributed by atoms with Crippen molar-refractivity contribution in [2.24, 2.45) is 0 Å². The van der Waals surface area contributed by atoms with Crippen molar-refractivity contribution in [2.75, 3.05) is 0 Å². The number of carbonyl (C=O) groups excluding carboxylic acids is 1. The van der Waals surface area contributed by atoms with Gasteiger partial charge in [0.25, 0.3) is 0 Å². The van der Waals surface area contributed by atoms with E-state index in [1.54, 1.807) is 12.5 Å². The fourth-order valence-corrected chi connectivity index (χ4v) is 1.80. The summed E-state index contributed by atoms with van der Waals surface area (Å²) in [6.45, 7) is 8.09. The lowest BCUT2D eigenvalue weighted by molar-refractivity contribution is -0.104. The van der Waals surface area contributed by atoms with E-state index in [4.69, 9.17) is 4.42 Å². The molecule has 17 heavy (non-hydrogen) atoms. The fraction of sp³-hybridized carbons (Fsp3) is 0.400. The lowest BCUT2D eigenvalue weighted by Gasteiger charge is -2.24. The summed E-state index contributed by atoms with van der Waals surface area (Å²) in [5.74, 6) is 0. The molecule has 1 rings (SSSR count). The third kappa shape index (κ3) is 3.74. The Bertz CT molecular complexity index is 420. The molecule has 0 saturated heterocycles. The monoisotopic (exact) mass is 232 g/mol. The van der Waals surface area contributed by atoms with E-state index in [0.29, 0.717) is 0 Å². The minimum Gasteiger partial charge on any atom is -0.472 e. The number of furan rings is 1. The van der Waals surface area contributed by atoms with Crippen molar-refractivity contribution in [3.05, 3.63) is 47.5 Å². The zero-order valence-corrected chi connectivity index (χ0v) is 11.0. The summed E-state index contributed by atoms with van der Waals surface area (Å²) in [4.78, 5) is 10.8. The van der Waals surface area contributed by atoms with Crippen LogP contribution in [-0.2, 0) is 10.2 Å². The maximum atomic E-state index is 10.8. The highest BCUT2D eigenvalue weighted by molar-refractivity contribution is 5.72. The molecule has 1 unspecified atom stereocenters. The number of hydrogen-bond donors (Lipinski definition) is 0. The Morgan fingerprint density at radius 3 is 2.59 bits per heavy atom. The minimum atomic E-state index is -0.185. The van der Waals surface area contributed by atoms with E-state index in [-0.39, 0.29) is 5.41 Å². The highest BCUT2D eigenvalue weighted by Gasteiger charge is 2.24. The molecule has 0 aliphatic carbocycles. The van der Waals surface area contributed by atoms with Gasteiger partial charge >= 0.3 is 0 Å². The molecule has 0 amide bonds. The summed E-state index contributed by atoms with van der Waals surface area (Å²) in [7, 11) is 0. The summed E-state index contributed by atoms with van der Waals surface area (Å²) >= 11 is 0. The van der Waals surface area contributed by atoms with Crippen LogP contribution in [0.2, 0.25) is 0 Å². The van der Waals surface area contributed by atoms with Gasteiger partial charge in [-0.05, 0) is 38.8 Å². The SMILES string of the molecule is CC(C)=CCC(C)(/C=C(\C)C=O)c1ccoc1. The second-order valence-corrected chi connectivity index (χ2v) is 4.92. The van der Waals surface area contributed by atoms with Crippen LogP contribution in [0.4, 0.5) is 0 Å². The Labute approximate surface area is 103 Å². The minimum absolute atomic E-state index is 0.185. The van der Waals surface area contributed by atoms with Crippen LogP contribution in [0.5, 0.6) is 0 Å². The van der Waals surface area contributed by atoms with Gasteiger partial charge < -0.3 is 4.42 Å². The van der Waals surface area contributed by atoms with Crippen molar-refractivity contribution in [3.63, 3.8) is 0 Å². The van der Waals surface area contributed by atoms with Gasteiger partial charge in [0.1, 0.15) is 6.29 Å². The topological polar surface area (TPSA) is 30.2 Å². The molecule has 0 aromatic carbocycles. The van der Waals surface area contributed by atoms with Crippen LogP contribution in [0.1, 0.15) is 39.7 Å². The molecule has 1 aromatic heterocycles. The average Bonchev–Trinajstić information content (AvgIpc) is 2.80. The van der Waals surface area contributed by atoms with Gasteiger partial charge in [0.15, 0.2) is 0 Å². The van der Waals surface area contributed by atoms with Gasteiger partial charge in [-0.1, -0.05) is 24.6 Å². The Morgan fingerprint density at radius 2 is 2.12 bits per heavy atom. The first kappa shape index (κ1) is 13.5. The van der Waals surface area contributed by atoms with Crippen LogP contribution in [0.3, 0.4) is 0 Å². The molecule has 1 atom stereocenters. The van der Waals surface area contributed by atoms with E-state index in [1.165, 1.54) is 5.57 Å². The summed E-state index contributed by atoms with van der Waals surface area (Å²) in [5, 5.41) is 0. The van der Waals surface area contributed by atoms with Crippen LogP contribution in [-0.4, -0.2) is 6.29 Å². The zero-order valence-electron chi connectivity index (χ0n) is 11.0. The van der Waals surface area contributed by atoms with Gasteiger partial charge in [-0.3, -0.25) is 4.79 Å². The van der Waals surface area contributed by atoms with E-state index in [1.807, 2.05) is 19.1 Å². The molecule has 1 heterocycles. The highest BCUT2D eigenvalue weighted by atomic mass is 16.3. The van der Waals surface area contributed by atoms with Crippen LogP contribution >= 0.6 is 0 Å². The Morgan fingerprint density at radius 1 is 1.41 bits per heavy atom. The average molecular weight is 232 g/mol. The predicted octanol–water partition coefficient (Wildman–Crippen LogP) is 4.04. The van der Waals surface area contributed by atoms with Crippen molar-refractivity contribution in [1.29, 1.82) is 0 Å². The van der Waals surface area contributed by atoms with Crippen LogP contribution in [0.25, 0.3) is 0 Å². The van der Waals surface area contributed by atoms with Crippen molar-refractivity contribution in [2.45, 2.75) is 39.5 Å². The van der Waals surface area contributed by atoms with Crippen molar-refractivity contribution < 1.29 is 9.21 Å². The fourth-order valence-electron chi connectivity index (χ4n) is 1.80. The van der Waals surface area contributed by atoms with Crippen LogP contribution in [0, 0.1) is 0 Å². The van der Waals surface area contributed by atoms with Gasteiger partial charge in [0.05, 0.1) is 12.5 Å². The van der Waals surface area contributed by atoms with Gasteiger partial charge in [-0.2, -0.15) is 0 Å². The summed E-state index contributed by atoms with van der Waals surface area (Å²) in [6.07, 6.45) is 9.35. The standard InChI is InChI=1S/C15H20O2/c1-12(2)5-7-15(4,9-13(3)10-16)14-6-8-17-11-14/h5-6,8-11H,7H2,1-4H3/b13-9+. The number of allylic oxidation sites excluding steroid dienone is 4. The smallest absolute Gasteiger partial charge is 0.145 e. The van der Waals surface area contributed by atoms with E-state index in [9.17, 15) is 4.79 Å². The predicted molar refractivity (Wildman–Crippen MR) is 69.9 cm³/mol. The second-order valence-electron chi connectivity index (χ2n) is 4.92. The third-order valence-corrected chi connectivity index (χ3v) is 2.85. The maximum Gasteiger partial charge on any atom is 0.145 e. The van der Waals surface area contributed by atoms with Crippen molar-refractivity contribution in [1.82, 2.24) is 0 Å². The summed E-state index contributed by atoms with van der Waals surface area (Å²) in [6, 6.07) is 1.95. The number of carbonyl (C=O) groups is 1. The van der Waals surface area contributed by atoms with Crippen molar-refractivity contribution in [3.8, 4) is 0 Å². The van der Waals surface area contributed by atoms with Gasteiger partial charge in [0.2, 0.25) is 0 Å². The van der Waals surface area contributed by atoms with Gasteiger partial charge in [-0.25, -0.2) is 0 Å². The molecule has 0 bridgehead atoms. The molecule has 1 aromatic rings. The van der Waals surface area contributed by atoms with E-state index >= 15 is 0 Å². The lowest BCUT2D eigenvalue weighted by atomic mass is 9.79. The van der Waals surface area contributed by atoms with Crippen LogP contribution in [0.15, 0.2) is 46.3 Å². The van der Waals surface area contributed by atoms with E-state index in [2.05, 4.69) is 26.8 Å². The summed E-state index contributed by atoms with van der Waals surface area (Å²) < 4.78 is 5.14. The number of hydrogen-bond acceptors (Lipinski definition) is 2. The number of rotatable bonds is 5. The maximum absolute atomic E-state index is 10.8. The lowest BCUT2D eigenvalue weighted by Crippen LogP contribution is -2.18. The molecular formula is C15H20O2. The van der Waals surface area contributed by atoms with E-state index < -0.39 is 0 Å².